The summed E-state index contributed by atoms with van der Waals surface area (Å²) in [5.74, 6) is 0. The van der Waals surface area contributed by atoms with Crippen LogP contribution in [0, 0.1) is 0 Å². The number of aromatic nitrogens is 1. The number of hydrogen-bond donors (Lipinski definition) is 0. The Bertz CT molecular complexity index is 313. The molecule has 0 N–H and O–H groups in total. The summed E-state index contributed by atoms with van der Waals surface area (Å²) in [6.45, 7) is 1.25. The third-order valence-corrected chi connectivity index (χ3v) is 4.82. The van der Waals surface area contributed by atoms with Crippen LogP contribution in [0.3, 0.4) is 0 Å². The third-order valence-electron chi connectivity index (χ3n) is 2.82. The lowest BCUT2D eigenvalue weighted by atomic mass is 10.1. The van der Waals surface area contributed by atoms with E-state index in [4.69, 9.17) is 0 Å². The quantitative estimate of drug-likeness (QED) is 0.567. The lowest BCUT2D eigenvalue weighted by Crippen LogP contribution is -2.24. The van der Waals surface area contributed by atoms with Gasteiger partial charge in [0, 0.05) is 25.0 Å². The molecule has 0 aliphatic carbocycles. The van der Waals surface area contributed by atoms with E-state index in [1.165, 1.54) is 24.9 Å². The molecule has 3 heterocycles. The second kappa shape index (κ2) is 3.76. The normalized spacial score (nSPS) is 28.1. The van der Waals surface area contributed by atoms with Gasteiger partial charge in [0.05, 0.1) is 0 Å². The van der Waals surface area contributed by atoms with Crippen molar-refractivity contribution >= 4 is 21.6 Å². The summed E-state index contributed by atoms with van der Waals surface area (Å²) in [4.78, 5) is 6.81. The van der Waals surface area contributed by atoms with Crippen LogP contribution in [-0.2, 0) is 0 Å². The zero-order valence-electron chi connectivity index (χ0n) is 7.80. The van der Waals surface area contributed by atoms with Crippen LogP contribution in [-0.4, -0.2) is 21.1 Å². The molecule has 2 aliphatic rings. The second-order valence-corrected chi connectivity index (χ2v) is 6.41. The smallest absolute Gasteiger partial charge is 0.124 e. The fraction of sp³-hybridized carbons (Fsp3) is 0.500. The molecule has 4 heteroatoms. The summed E-state index contributed by atoms with van der Waals surface area (Å²) in [5, 5.41) is 0. The molecule has 2 aliphatic heterocycles. The molecule has 1 atom stereocenters. The van der Waals surface area contributed by atoms with Crippen LogP contribution < -0.4 is 0 Å². The Kier molecular flexibility index (Phi) is 2.43. The topological polar surface area (TPSA) is 16.1 Å². The SMILES string of the molecule is c1cncc(C2CCCN2C2SS2)c1. The molecule has 1 unspecified atom stereocenters. The van der Waals surface area contributed by atoms with E-state index in [2.05, 4.69) is 16.0 Å². The molecule has 0 bridgehead atoms. The first-order valence-corrected chi connectivity index (χ1v) is 7.20. The fourth-order valence-electron chi connectivity index (χ4n) is 2.11. The number of rotatable bonds is 2. The molecule has 0 saturated carbocycles. The average molecular weight is 224 g/mol. The van der Waals surface area contributed by atoms with Crippen molar-refractivity contribution in [2.45, 2.75) is 23.6 Å². The standard InChI is InChI=1S/C10H12N2S2/c1-3-8(7-11-5-1)9-4-2-6-12(9)10-13-14-10/h1,3,5,7,9-10H,2,4,6H2. The minimum absolute atomic E-state index is 0.621. The van der Waals surface area contributed by atoms with Crippen LogP contribution in [0.25, 0.3) is 0 Å². The predicted molar refractivity (Wildman–Crippen MR) is 61.9 cm³/mol. The van der Waals surface area contributed by atoms with Crippen LogP contribution in [0.15, 0.2) is 24.5 Å². The molecule has 0 amide bonds. The molecule has 2 nitrogen and oxygen atoms in total. The van der Waals surface area contributed by atoms with Gasteiger partial charge < -0.3 is 0 Å². The van der Waals surface area contributed by atoms with Gasteiger partial charge in [0.25, 0.3) is 0 Å². The maximum absolute atomic E-state index is 4.20. The molecule has 2 fully saturated rings. The lowest BCUT2D eigenvalue weighted by Gasteiger charge is -2.22. The minimum atomic E-state index is 0.621. The van der Waals surface area contributed by atoms with Crippen LogP contribution in [0.4, 0.5) is 0 Å². The van der Waals surface area contributed by atoms with Gasteiger partial charge in [-0.05, 0) is 24.5 Å². The van der Waals surface area contributed by atoms with Crippen molar-refractivity contribution in [3.63, 3.8) is 0 Å². The van der Waals surface area contributed by atoms with Crippen molar-refractivity contribution in [2.75, 3.05) is 6.54 Å². The molecule has 2 saturated heterocycles. The summed E-state index contributed by atoms with van der Waals surface area (Å²) < 4.78 is 0.725. The van der Waals surface area contributed by atoms with E-state index >= 15 is 0 Å². The van der Waals surface area contributed by atoms with Crippen LogP contribution in [0.2, 0.25) is 0 Å². The predicted octanol–water partition coefficient (Wildman–Crippen LogP) is 2.90. The fourth-order valence-corrected chi connectivity index (χ4v) is 3.70. The van der Waals surface area contributed by atoms with Gasteiger partial charge in [-0.15, -0.1) is 0 Å². The van der Waals surface area contributed by atoms with Crippen molar-refractivity contribution in [3.8, 4) is 0 Å². The van der Waals surface area contributed by atoms with Crippen molar-refractivity contribution in [1.29, 1.82) is 0 Å². The minimum Gasteiger partial charge on any atom is -0.275 e. The zero-order chi connectivity index (χ0) is 9.38. The summed E-state index contributed by atoms with van der Waals surface area (Å²) in [6.07, 6.45) is 6.49. The second-order valence-electron chi connectivity index (χ2n) is 3.68. The summed E-state index contributed by atoms with van der Waals surface area (Å²) in [5.41, 5.74) is 1.39. The molecule has 74 valence electrons. The maximum Gasteiger partial charge on any atom is 0.124 e. The molecule has 0 radical (unpaired) electrons. The van der Waals surface area contributed by atoms with Gasteiger partial charge in [0.1, 0.15) is 4.71 Å². The highest BCUT2D eigenvalue weighted by Crippen LogP contribution is 2.58. The maximum atomic E-state index is 4.20. The van der Waals surface area contributed by atoms with Crippen molar-refractivity contribution in [1.82, 2.24) is 9.88 Å². The highest BCUT2D eigenvalue weighted by Gasteiger charge is 2.39. The molecule has 0 spiro atoms. The van der Waals surface area contributed by atoms with Gasteiger partial charge in [0.15, 0.2) is 0 Å². The zero-order valence-corrected chi connectivity index (χ0v) is 9.43. The van der Waals surface area contributed by atoms with E-state index in [1.54, 1.807) is 0 Å². The number of hydrogen-bond acceptors (Lipinski definition) is 4. The van der Waals surface area contributed by atoms with E-state index in [0.29, 0.717) is 6.04 Å². The van der Waals surface area contributed by atoms with Crippen LogP contribution in [0.5, 0.6) is 0 Å². The highest BCUT2D eigenvalue weighted by molar-refractivity contribution is 8.92. The molecule has 1 aromatic rings. The summed E-state index contributed by atoms with van der Waals surface area (Å²) in [6, 6.07) is 4.86. The monoisotopic (exact) mass is 224 g/mol. The van der Waals surface area contributed by atoms with E-state index in [9.17, 15) is 0 Å². The van der Waals surface area contributed by atoms with E-state index in [-0.39, 0.29) is 0 Å². The Morgan fingerprint density at radius 1 is 1.43 bits per heavy atom. The van der Waals surface area contributed by atoms with E-state index in [0.717, 1.165) is 4.71 Å². The van der Waals surface area contributed by atoms with Gasteiger partial charge in [-0.3, -0.25) is 9.88 Å². The van der Waals surface area contributed by atoms with E-state index < -0.39 is 0 Å². The Balaban J connectivity index is 1.83. The molecule has 14 heavy (non-hydrogen) atoms. The average Bonchev–Trinajstić information content (AvgIpc) is 2.98. The van der Waals surface area contributed by atoms with Crippen LogP contribution >= 0.6 is 21.6 Å². The number of pyridine rings is 1. The molecular formula is C10H12N2S2. The van der Waals surface area contributed by atoms with Gasteiger partial charge in [-0.25, -0.2) is 0 Å². The van der Waals surface area contributed by atoms with Crippen LogP contribution in [0.1, 0.15) is 24.4 Å². The summed E-state index contributed by atoms with van der Waals surface area (Å²) >= 11 is 0. The van der Waals surface area contributed by atoms with Crippen molar-refractivity contribution in [2.24, 2.45) is 0 Å². The number of likely N-dealkylation sites (tertiary alicyclic amines) is 1. The third kappa shape index (κ3) is 1.66. The Morgan fingerprint density at radius 2 is 2.36 bits per heavy atom. The van der Waals surface area contributed by atoms with Gasteiger partial charge >= 0.3 is 0 Å². The highest BCUT2D eigenvalue weighted by atomic mass is 33.2. The molecule has 3 rings (SSSR count). The summed E-state index contributed by atoms with van der Waals surface area (Å²) in [7, 11) is 3.97. The molecule has 0 aromatic carbocycles. The lowest BCUT2D eigenvalue weighted by molar-refractivity contribution is 0.292. The van der Waals surface area contributed by atoms with Gasteiger partial charge in [0.2, 0.25) is 0 Å². The van der Waals surface area contributed by atoms with Gasteiger partial charge in [-0.1, -0.05) is 27.7 Å². The Hall–Kier alpha value is -0.190. The van der Waals surface area contributed by atoms with Crippen molar-refractivity contribution < 1.29 is 0 Å². The Labute approximate surface area is 91.9 Å². The first kappa shape index (κ1) is 9.07. The first-order chi connectivity index (χ1) is 6.95. The Morgan fingerprint density at radius 3 is 3.07 bits per heavy atom. The van der Waals surface area contributed by atoms with Crippen molar-refractivity contribution in [3.05, 3.63) is 30.1 Å². The largest absolute Gasteiger partial charge is 0.275 e. The molecule has 1 aromatic heterocycles. The van der Waals surface area contributed by atoms with E-state index in [1.807, 2.05) is 40.0 Å². The molecular weight excluding hydrogens is 212 g/mol. The first-order valence-electron chi connectivity index (χ1n) is 4.93. The van der Waals surface area contributed by atoms with Gasteiger partial charge in [-0.2, -0.15) is 0 Å². The number of nitrogens with zero attached hydrogens (tertiary/aromatic N) is 2.